The van der Waals surface area contributed by atoms with Crippen molar-refractivity contribution in [2.45, 2.75) is 6.54 Å². The van der Waals surface area contributed by atoms with Gasteiger partial charge in [-0.05, 0) is 24.3 Å². The van der Waals surface area contributed by atoms with E-state index in [-0.39, 0.29) is 5.91 Å². The molecule has 0 atom stereocenters. The van der Waals surface area contributed by atoms with E-state index >= 15 is 0 Å². The highest BCUT2D eigenvalue weighted by Crippen LogP contribution is 2.11. The fourth-order valence-corrected chi connectivity index (χ4v) is 1.85. The van der Waals surface area contributed by atoms with E-state index in [4.69, 9.17) is 10.3 Å². The lowest BCUT2D eigenvalue weighted by molar-refractivity contribution is 0.0944. The summed E-state index contributed by atoms with van der Waals surface area (Å²) in [6.45, 7) is 0.292. The third-order valence-corrected chi connectivity index (χ3v) is 2.88. The van der Waals surface area contributed by atoms with Crippen molar-refractivity contribution in [3.8, 4) is 5.69 Å². The van der Waals surface area contributed by atoms with Gasteiger partial charge in [0.25, 0.3) is 5.91 Å². The number of nitrogens with two attached hydrogens (primary N) is 1. The van der Waals surface area contributed by atoms with Gasteiger partial charge in [0.1, 0.15) is 12.0 Å². The van der Waals surface area contributed by atoms with Crippen LogP contribution in [0.2, 0.25) is 0 Å². The normalized spacial score (nSPS) is 10.5. The van der Waals surface area contributed by atoms with Crippen LogP contribution in [0.3, 0.4) is 0 Å². The van der Waals surface area contributed by atoms with Crippen molar-refractivity contribution in [1.82, 2.24) is 20.3 Å². The molecule has 7 nitrogen and oxygen atoms in total. The topological polar surface area (TPSA) is 99.0 Å². The summed E-state index contributed by atoms with van der Waals surface area (Å²) < 4.78 is 6.29. The van der Waals surface area contributed by atoms with Gasteiger partial charge in [-0.2, -0.15) is 5.10 Å². The van der Waals surface area contributed by atoms with E-state index in [0.29, 0.717) is 23.6 Å². The number of carbonyl (C=O) groups is 1. The molecule has 0 aliphatic heterocycles. The van der Waals surface area contributed by atoms with E-state index in [0.717, 1.165) is 5.69 Å². The third kappa shape index (κ3) is 2.92. The van der Waals surface area contributed by atoms with Crippen molar-refractivity contribution in [3.63, 3.8) is 0 Å². The smallest absolute Gasteiger partial charge is 0.272 e. The van der Waals surface area contributed by atoms with Crippen LogP contribution in [0.4, 0.5) is 5.69 Å². The van der Waals surface area contributed by atoms with Gasteiger partial charge in [0, 0.05) is 18.0 Å². The van der Waals surface area contributed by atoms with Crippen LogP contribution in [-0.4, -0.2) is 20.8 Å². The second kappa shape index (κ2) is 5.49. The molecule has 0 radical (unpaired) electrons. The Bertz CT molecular complexity index is 748. The van der Waals surface area contributed by atoms with E-state index in [2.05, 4.69) is 15.6 Å². The number of amides is 1. The maximum Gasteiger partial charge on any atom is 0.272 e. The number of carbonyl (C=O) groups excluding carboxylic acids is 1. The van der Waals surface area contributed by atoms with Crippen molar-refractivity contribution in [2.24, 2.45) is 0 Å². The molecule has 0 unspecified atom stereocenters. The summed E-state index contributed by atoms with van der Waals surface area (Å²) in [5.41, 5.74) is 8.14. The van der Waals surface area contributed by atoms with Gasteiger partial charge in [-0.25, -0.2) is 4.68 Å². The molecule has 0 aliphatic rings. The molecule has 0 aliphatic carbocycles. The second-order valence-corrected chi connectivity index (χ2v) is 4.41. The Morgan fingerprint density at radius 2 is 2.24 bits per heavy atom. The van der Waals surface area contributed by atoms with Gasteiger partial charge in [0.15, 0.2) is 5.69 Å². The van der Waals surface area contributed by atoms with E-state index in [9.17, 15) is 4.79 Å². The first-order chi connectivity index (χ1) is 10.2. The summed E-state index contributed by atoms with van der Waals surface area (Å²) in [5.74, 6) is -0.277. The average molecular weight is 283 g/mol. The maximum atomic E-state index is 12.0. The number of aromatic nitrogens is 3. The Morgan fingerprint density at radius 3 is 3.00 bits per heavy atom. The fourth-order valence-electron chi connectivity index (χ4n) is 1.85. The van der Waals surface area contributed by atoms with E-state index in [1.54, 1.807) is 35.1 Å². The molecule has 1 amide bonds. The monoisotopic (exact) mass is 283 g/mol. The zero-order chi connectivity index (χ0) is 14.7. The Kier molecular flexibility index (Phi) is 3.38. The molecular formula is C14H13N5O2. The number of rotatable bonds is 4. The Labute approximate surface area is 120 Å². The van der Waals surface area contributed by atoms with Gasteiger partial charge in [-0.15, -0.1) is 0 Å². The van der Waals surface area contributed by atoms with Crippen LogP contribution in [0.15, 0.2) is 53.4 Å². The first kappa shape index (κ1) is 12.9. The maximum absolute atomic E-state index is 12.0. The van der Waals surface area contributed by atoms with Crippen LogP contribution in [0, 0.1) is 0 Å². The lowest BCUT2D eigenvalue weighted by Crippen LogP contribution is -2.23. The summed E-state index contributed by atoms with van der Waals surface area (Å²) in [4.78, 5) is 12.0. The molecule has 0 spiro atoms. The number of nitrogens with zero attached hydrogens (tertiary/aromatic N) is 3. The van der Waals surface area contributed by atoms with Crippen LogP contribution in [0.5, 0.6) is 0 Å². The predicted molar refractivity (Wildman–Crippen MR) is 75.6 cm³/mol. The zero-order valence-electron chi connectivity index (χ0n) is 11.1. The molecule has 106 valence electrons. The van der Waals surface area contributed by atoms with Gasteiger partial charge in [-0.3, -0.25) is 4.79 Å². The van der Waals surface area contributed by atoms with Gasteiger partial charge in [0.05, 0.1) is 12.2 Å². The lowest BCUT2D eigenvalue weighted by atomic mass is 10.3. The molecule has 0 saturated heterocycles. The number of hydrogen-bond donors (Lipinski definition) is 2. The van der Waals surface area contributed by atoms with Crippen molar-refractivity contribution < 1.29 is 9.32 Å². The third-order valence-electron chi connectivity index (χ3n) is 2.88. The Hall–Kier alpha value is -3.09. The van der Waals surface area contributed by atoms with E-state index < -0.39 is 0 Å². The van der Waals surface area contributed by atoms with Gasteiger partial charge < -0.3 is 15.6 Å². The van der Waals surface area contributed by atoms with Crippen LogP contribution >= 0.6 is 0 Å². The Balaban J connectivity index is 1.71. The quantitative estimate of drug-likeness (QED) is 0.704. The highest BCUT2D eigenvalue weighted by molar-refractivity contribution is 5.92. The predicted octanol–water partition coefficient (Wildman–Crippen LogP) is 1.37. The highest BCUT2D eigenvalue weighted by atomic mass is 16.5. The number of nitrogen functional groups attached to an aromatic ring is 1. The minimum Gasteiger partial charge on any atom is -0.399 e. The SMILES string of the molecule is Nc1cccc(-n2ccc(C(=O)NCc3ccon3)n2)c1. The van der Waals surface area contributed by atoms with Crippen LogP contribution in [0.1, 0.15) is 16.2 Å². The first-order valence-corrected chi connectivity index (χ1v) is 6.31. The molecule has 3 N–H and O–H groups in total. The lowest BCUT2D eigenvalue weighted by Gasteiger charge is -2.02. The van der Waals surface area contributed by atoms with E-state index in [1.165, 1.54) is 6.26 Å². The number of hydrogen-bond acceptors (Lipinski definition) is 5. The van der Waals surface area contributed by atoms with Crippen LogP contribution in [-0.2, 0) is 6.54 Å². The fraction of sp³-hybridized carbons (Fsp3) is 0.0714. The molecule has 3 aromatic rings. The molecule has 0 saturated carbocycles. The summed E-state index contributed by atoms with van der Waals surface area (Å²) >= 11 is 0. The Morgan fingerprint density at radius 1 is 1.33 bits per heavy atom. The highest BCUT2D eigenvalue weighted by Gasteiger charge is 2.10. The molecule has 21 heavy (non-hydrogen) atoms. The number of anilines is 1. The zero-order valence-corrected chi connectivity index (χ0v) is 11.1. The molecule has 0 fully saturated rings. The molecule has 3 rings (SSSR count). The van der Waals surface area contributed by atoms with E-state index in [1.807, 2.05) is 12.1 Å². The van der Waals surface area contributed by atoms with Crippen LogP contribution < -0.4 is 11.1 Å². The average Bonchev–Trinajstić information content (AvgIpc) is 3.16. The van der Waals surface area contributed by atoms with Crippen molar-refractivity contribution >= 4 is 11.6 Å². The molecule has 7 heteroatoms. The minimum absolute atomic E-state index is 0.277. The van der Waals surface area contributed by atoms with Gasteiger partial charge in [0.2, 0.25) is 0 Å². The van der Waals surface area contributed by atoms with Crippen LogP contribution in [0.25, 0.3) is 5.69 Å². The standard InChI is InChI=1S/C14H13N5O2/c15-10-2-1-3-12(8-10)19-6-4-13(17-19)14(20)16-9-11-5-7-21-18-11/h1-8H,9,15H2,(H,16,20). The molecule has 0 bridgehead atoms. The second-order valence-electron chi connectivity index (χ2n) is 4.41. The van der Waals surface area contributed by atoms with Crippen molar-refractivity contribution in [3.05, 3.63) is 60.2 Å². The van der Waals surface area contributed by atoms with Crippen molar-refractivity contribution in [2.75, 3.05) is 5.73 Å². The largest absolute Gasteiger partial charge is 0.399 e. The summed E-state index contributed by atoms with van der Waals surface area (Å²) in [7, 11) is 0. The molecule has 2 heterocycles. The number of nitrogens with one attached hydrogen (secondary N) is 1. The molecule has 2 aromatic heterocycles. The summed E-state index contributed by atoms with van der Waals surface area (Å²) in [5, 5.41) is 10.7. The summed E-state index contributed by atoms with van der Waals surface area (Å²) in [6, 6.07) is 10.6. The first-order valence-electron chi connectivity index (χ1n) is 6.31. The molecular weight excluding hydrogens is 270 g/mol. The minimum atomic E-state index is -0.277. The summed E-state index contributed by atoms with van der Waals surface area (Å²) in [6.07, 6.45) is 3.16. The van der Waals surface area contributed by atoms with Crippen molar-refractivity contribution in [1.29, 1.82) is 0 Å². The van der Waals surface area contributed by atoms with Gasteiger partial charge >= 0.3 is 0 Å². The van der Waals surface area contributed by atoms with Gasteiger partial charge in [-0.1, -0.05) is 11.2 Å². The number of benzene rings is 1. The molecule has 1 aromatic carbocycles.